The van der Waals surface area contributed by atoms with E-state index < -0.39 is 0 Å². The Morgan fingerprint density at radius 1 is 1.00 bits per heavy atom. The molecule has 2 aromatic carbocycles. The molecule has 0 fully saturated rings. The number of benzene rings is 2. The molecule has 1 heterocycles. The lowest BCUT2D eigenvalue weighted by atomic mass is 10.0. The smallest absolute Gasteiger partial charge is 0.119 e. The first-order valence-corrected chi connectivity index (χ1v) is 8.60. The summed E-state index contributed by atoms with van der Waals surface area (Å²) in [5.41, 5.74) is 2.65. The van der Waals surface area contributed by atoms with Crippen LogP contribution in [0.2, 0.25) is 0 Å². The van der Waals surface area contributed by atoms with Gasteiger partial charge in [-0.2, -0.15) is 0 Å². The van der Waals surface area contributed by atoms with Gasteiger partial charge in [-0.05, 0) is 60.0 Å². The van der Waals surface area contributed by atoms with Gasteiger partial charge in [0, 0.05) is 9.75 Å². The first kappa shape index (κ1) is 14.6. The maximum absolute atomic E-state index is 5.28. The van der Waals surface area contributed by atoms with Gasteiger partial charge >= 0.3 is 0 Å². The number of methoxy groups -OCH3 is 1. The van der Waals surface area contributed by atoms with E-state index in [1.165, 1.54) is 31.7 Å². The third-order valence-electron chi connectivity index (χ3n) is 3.80. The predicted molar refractivity (Wildman–Crippen MR) is 95.1 cm³/mol. The Hall–Kier alpha value is -1.32. The van der Waals surface area contributed by atoms with Crippen molar-refractivity contribution in [1.82, 2.24) is 0 Å². The molecular weight excluding hydrogens is 344 g/mol. The van der Waals surface area contributed by atoms with E-state index >= 15 is 0 Å². The Kier molecular flexibility index (Phi) is 4.05. The van der Waals surface area contributed by atoms with Crippen molar-refractivity contribution >= 4 is 38.0 Å². The SMILES string of the molecule is COc1ccc2cc(C(Br)c3cc(C)c(C)s3)ccc2c1. The van der Waals surface area contributed by atoms with Crippen LogP contribution in [0.5, 0.6) is 5.75 Å². The fraction of sp³-hybridized carbons (Fsp3) is 0.222. The number of rotatable bonds is 3. The van der Waals surface area contributed by atoms with E-state index in [4.69, 9.17) is 4.74 Å². The van der Waals surface area contributed by atoms with E-state index in [9.17, 15) is 0 Å². The number of aryl methyl sites for hydroxylation is 2. The van der Waals surface area contributed by atoms with Crippen molar-refractivity contribution in [1.29, 1.82) is 0 Å². The number of ether oxygens (including phenoxy) is 1. The van der Waals surface area contributed by atoms with E-state index in [1.54, 1.807) is 7.11 Å². The molecule has 1 nitrogen and oxygen atoms in total. The molecule has 0 spiro atoms. The van der Waals surface area contributed by atoms with Gasteiger partial charge in [0.1, 0.15) is 5.75 Å². The fourth-order valence-electron chi connectivity index (χ4n) is 2.42. The second kappa shape index (κ2) is 5.82. The number of hydrogen-bond donors (Lipinski definition) is 0. The second-order valence-corrected chi connectivity index (χ2v) is 7.43. The highest BCUT2D eigenvalue weighted by Gasteiger charge is 2.14. The van der Waals surface area contributed by atoms with Crippen LogP contribution in [-0.4, -0.2) is 7.11 Å². The summed E-state index contributed by atoms with van der Waals surface area (Å²) < 4.78 is 5.28. The molecule has 0 aliphatic rings. The zero-order chi connectivity index (χ0) is 15.0. The quantitative estimate of drug-likeness (QED) is 0.519. The van der Waals surface area contributed by atoms with Crippen molar-refractivity contribution in [3.63, 3.8) is 0 Å². The molecule has 0 saturated carbocycles. The molecule has 0 N–H and O–H groups in total. The molecule has 1 atom stereocenters. The van der Waals surface area contributed by atoms with Crippen LogP contribution in [0.25, 0.3) is 10.8 Å². The van der Waals surface area contributed by atoms with Gasteiger partial charge in [-0.1, -0.05) is 34.1 Å². The zero-order valence-electron chi connectivity index (χ0n) is 12.3. The minimum atomic E-state index is 0.251. The molecule has 21 heavy (non-hydrogen) atoms. The second-order valence-electron chi connectivity index (χ2n) is 5.22. The highest BCUT2D eigenvalue weighted by molar-refractivity contribution is 9.09. The van der Waals surface area contributed by atoms with Gasteiger partial charge in [-0.3, -0.25) is 0 Å². The summed E-state index contributed by atoms with van der Waals surface area (Å²) in [6.45, 7) is 4.34. The lowest BCUT2D eigenvalue weighted by Crippen LogP contribution is -1.90. The lowest BCUT2D eigenvalue weighted by Gasteiger charge is -2.10. The first-order valence-electron chi connectivity index (χ1n) is 6.87. The number of alkyl halides is 1. The third kappa shape index (κ3) is 2.85. The molecule has 0 amide bonds. The van der Waals surface area contributed by atoms with Crippen LogP contribution in [0.4, 0.5) is 0 Å². The molecule has 0 radical (unpaired) electrons. The predicted octanol–water partition coefficient (Wildman–Crippen LogP) is 6.01. The molecule has 1 aromatic heterocycles. The largest absolute Gasteiger partial charge is 0.497 e. The van der Waals surface area contributed by atoms with E-state index in [0.29, 0.717) is 0 Å². The van der Waals surface area contributed by atoms with Gasteiger partial charge in [0.05, 0.1) is 11.9 Å². The summed E-state index contributed by atoms with van der Waals surface area (Å²) in [5.74, 6) is 0.898. The summed E-state index contributed by atoms with van der Waals surface area (Å²) >= 11 is 5.70. The normalized spacial score (nSPS) is 12.6. The lowest BCUT2D eigenvalue weighted by molar-refractivity contribution is 0.415. The number of thiophene rings is 1. The Morgan fingerprint density at radius 3 is 2.38 bits per heavy atom. The van der Waals surface area contributed by atoms with Crippen LogP contribution in [0.15, 0.2) is 42.5 Å². The molecule has 108 valence electrons. The standard InChI is InChI=1S/C18H17BrOS/c1-11-8-17(21-12(11)2)18(19)15-5-4-14-10-16(20-3)7-6-13(14)9-15/h4-10,18H,1-3H3. The summed E-state index contributed by atoms with van der Waals surface area (Å²) in [6, 6.07) is 15.1. The minimum absolute atomic E-state index is 0.251. The van der Waals surface area contributed by atoms with Crippen LogP contribution in [-0.2, 0) is 0 Å². The van der Waals surface area contributed by atoms with Crippen molar-refractivity contribution in [2.45, 2.75) is 18.7 Å². The van der Waals surface area contributed by atoms with Crippen LogP contribution >= 0.6 is 27.3 Å². The molecule has 3 aromatic rings. The van der Waals surface area contributed by atoms with Crippen LogP contribution in [0.3, 0.4) is 0 Å². The van der Waals surface area contributed by atoms with Gasteiger partial charge in [-0.15, -0.1) is 11.3 Å². The Balaban J connectivity index is 2.00. The molecule has 0 aliphatic carbocycles. The van der Waals surface area contributed by atoms with Crippen LogP contribution < -0.4 is 4.74 Å². The van der Waals surface area contributed by atoms with E-state index in [2.05, 4.69) is 66.2 Å². The van der Waals surface area contributed by atoms with E-state index in [1.807, 2.05) is 17.4 Å². The monoisotopic (exact) mass is 360 g/mol. The minimum Gasteiger partial charge on any atom is -0.497 e. The average Bonchev–Trinajstić information content (AvgIpc) is 2.85. The summed E-state index contributed by atoms with van der Waals surface area (Å²) in [6.07, 6.45) is 0. The highest BCUT2D eigenvalue weighted by Crippen LogP contribution is 2.38. The third-order valence-corrected chi connectivity index (χ3v) is 6.34. The topological polar surface area (TPSA) is 9.23 Å². The molecule has 1 unspecified atom stereocenters. The Morgan fingerprint density at radius 2 is 1.71 bits per heavy atom. The van der Waals surface area contributed by atoms with Gasteiger partial charge < -0.3 is 4.74 Å². The van der Waals surface area contributed by atoms with Crippen molar-refractivity contribution < 1.29 is 4.74 Å². The van der Waals surface area contributed by atoms with Gasteiger partial charge in [-0.25, -0.2) is 0 Å². The Labute approximate surface area is 137 Å². The average molecular weight is 361 g/mol. The first-order chi connectivity index (χ1) is 10.1. The van der Waals surface area contributed by atoms with Crippen molar-refractivity contribution in [3.05, 3.63) is 63.3 Å². The zero-order valence-corrected chi connectivity index (χ0v) is 14.7. The van der Waals surface area contributed by atoms with Crippen molar-refractivity contribution in [2.24, 2.45) is 0 Å². The molecule has 0 bridgehead atoms. The summed E-state index contributed by atoms with van der Waals surface area (Å²) in [7, 11) is 1.70. The maximum atomic E-state index is 5.28. The van der Waals surface area contributed by atoms with Gasteiger partial charge in [0.15, 0.2) is 0 Å². The molecule has 0 saturated heterocycles. The highest BCUT2D eigenvalue weighted by atomic mass is 79.9. The van der Waals surface area contributed by atoms with Crippen LogP contribution in [0, 0.1) is 13.8 Å². The maximum Gasteiger partial charge on any atom is 0.119 e. The van der Waals surface area contributed by atoms with E-state index in [-0.39, 0.29) is 4.83 Å². The Bertz CT molecular complexity index is 772. The summed E-state index contributed by atoms with van der Waals surface area (Å²) in [4.78, 5) is 3.00. The molecule has 3 rings (SSSR count). The number of halogens is 1. The van der Waals surface area contributed by atoms with Crippen LogP contribution in [0.1, 0.15) is 25.7 Å². The fourth-order valence-corrected chi connectivity index (χ4v) is 4.16. The molecular formula is C18H17BrOS. The summed E-state index contributed by atoms with van der Waals surface area (Å²) in [5, 5.41) is 2.44. The molecule has 3 heteroatoms. The number of hydrogen-bond acceptors (Lipinski definition) is 2. The molecule has 0 aliphatic heterocycles. The van der Waals surface area contributed by atoms with Gasteiger partial charge in [0.25, 0.3) is 0 Å². The van der Waals surface area contributed by atoms with Crippen molar-refractivity contribution in [3.8, 4) is 5.75 Å². The van der Waals surface area contributed by atoms with Crippen molar-refractivity contribution in [2.75, 3.05) is 7.11 Å². The number of fused-ring (bicyclic) bond motifs is 1. The van der Waals surface area contributed by atoms with E-state index in [0.717, 1.165) is 5.75 Å². The van der Waals surface area contributed by atoms with Gasteiger partial charge in [0.2, 0.25) is 0 Å².